The molecule has 0 spiro atoms. The molecule has 7 nitrogen and oxygen atoms in total. The monoisotopic (exact) mass is 251 g/mol. The number of pyridine rings is 1. The van der Waals surface area contributed by atoms with Gasteiger partial charge in [-0.1, -0.05) is 0 Å². The first kappa shape index (κ1) is 12.6. The van der Waals surface area contributed by atoms with Crippen LogP contribution in [0.15, 0.2) is 12.1 Å². The lowest BCUT2D eigenvalue weighted by molar-refractivity contribution is -0.384. The summed E-state index contributed by atoms with van der Waals surface area (Å²) in [6.45, 7) is 2.51. The molecule has 0 saturated heterocycles. The summed E-state index contributed by atoms with van der Waals surface area (Å²) in [5.74, 6) is 0.971. The Morgan fingerprint density at radius 1 is 1.61 bits per heavy atom. The van der Waals surface area contributed by atoms with Crippen LogP contribution in [0.2, 0.25) is 0 Å². The number of hydrogen-bond acceptors (Lipinski definition) is 6. The second-order valence-corrected chi connectivity index (χ2v) is 4.88. The molecule has 1 aromatic heterocycles. The number of nitrogens with one attached hydrogen (secondary N) is 1. The molecule has 1 aliphatic rings. The molecule has 0 radical (unpaired) electrons. The van der Waals surface area contributed by atoms with Crippen LogP contribution < -0.4 is 16.8 Å². The minimum Gasteiger partial charge on any atom is -0.378 e. The third kappa shape index (κ3) is 2.35. The van der Waals surface area contributed by atoms with E-state index < -0.39 is 4.92 Å². The van der Waals surface area contributed by atoms with Crippen molar-refractivity contribution in [3.05, 3.63) is 22.2 Å². The van der Waals surface area contributed by atoms with E-state index in [0.717, 1.165) is 12.8 Å². The van der Waals surface area contributed by atoms with E-state index >= 15 is 0 Å². The first-order chi connectivity index (χ1) is 8.46. The van der Waals surface area contributed by atoms with Gasteiger partial charge in [0.2, 0.25) is 5.82 Å². The SMILES string of the molecule is CC(CN)(Nc1ccc([N+](=O)[O-])c(N)n1)C1CC1. The van der Waals surface area contributed by atoms with Gasteiger partial charge in [0.1, 0.15) is 5.82 Å². The summed E-state index contributed by atoms with van der Waals surface area (Å²) in [5, 5.41) is 13.9. The summed E-state index contributed by atoms with van der Waals surface area (Å²) in [5.41, 5.74) is 10.9. The van der Waals surface area contributed by atoms with Gasteiger partial charge in [0.25, 0.3) is 0 Å². The van der Waals surface area contributed by atoms with Crippen LogP contribution >= 0.6 is 0 Å². The van der Waals surface area contributed by atoms with Crippen LogP contribution in [-0.2, 0) is 0 Å². The molecular weight excluding hydrogens is 234 g/mol. The Balaban J connectivity index is 2.19. The molecule has 1 fully saturated rings. The van der Waals surface area contributed by atoms with Crippen LogP contribution in [0, 0.1) is 16.0 Å². The van der Waals surface area contributed by atoms with Crippen molar-refractivity contribution < 1.29 is 4.92 Å². The van der Waals surface area contributed by atoms with Crippen molar-refractivity contribution in [3.63, 3.8) is 0 Å². The summed E-state index contributed by atoms with van der Waals surface area (Å²) in [6.07, 6.45) is 2.28. The summed E-state index contributed by atoms with van der Waals surface area (Å²) in [6, 6.07) is 2.92. The highest BCUT2D eigenvalue weighted by atomic mass is 16.6. The zero-order chi connectivity index (χ0) is 13.3. The van der Waals surface area contributed by atoms with Crippen LogP contribution in [0.3, 0.4) is 0 Å². The minimum atomic E-state index is -0.546. The Bertz CT molecular complexity index is 475. The average molecular weight is 251 g/mol. The largest absolute Gasteiger partial charge is 0.378 e. The third-order valence-corrected chi connectivity index (χ3v) is 3.42. The highest BCUT2D eigenvalue weighted by Crippen LogP contribution is 2.40. The number of nitro groups is 1. The van der Waals surface area contributed by atoms with Gasteiger partial charge in [0.05, 0.1) is 10.5 Å². The zero-order valence-corrected chi connectivity index (χ0v) is 10.2. The molecule has 5 N–H and O–H groups in total. The van der Waals surface area contributed by atoms with Crippen LogP contribution in [0.4, 0.5) is 17.3 Å². The lowest BCUT2D eigenvalue weighted by Crippen LogP contribution is -2.44. The number of aromatic nitrogens is 1. The van der Waals surface area contributed by atoms with E-state index in [-0.39, 0.29) is 17.0 Å². The van der Waals surface area contributed by atoms with Gasteiger partial charge in [0, 0.05) is 12.6 Å². The lowest BCUT2D eigenvalue weighted by Gasteiger charge is -2.30. The average Bonchev–Trinajstić information content (AvgIpc) is 3.12. The van der Waals surface area contributed by atoms with Crippen molar-refractivity contribution in [1.29, 1.82) is 0 Å². The smallest absolute Gasteiger partial charge is 0.311 e. The Morgan fingerprint density at radius 2 is 2.28 bits per heavy atom. The fourth-order valence-corrected chi connectivity index (χ4v) is 2.02. The number of nitrogens with two attached hydrogens (primary N) is 2. The fourth-order valence-electron chi connectivity index (χ4n) is 2.02. The Labute approximate surface area is 105 Å². The van der Waals surface area contributed by atoms with E-state index in [4.69, 9.17) is 11.5 Å². The van der Waals surface area contributed by atoms with Gasteiger partial charge in [-0.25, -0.2) is 4.98 Å². The molecule has 1 saturated carbocycles. The van der Waals surface area contributed by atoms with Gasteiger partial charge in [-0.3, -0.25) is 10.1 Å². The maximum Gasteiger partial charge on any atom is 0.311 e. The number of nitrogen functional groups attached to an aromatic ring is 1. The van der Waals surface area contributed by atoms with Gasteiger partial charge in [-0.2, -0.15) is 0 Å². The van der Waals surface area contributed by atoms with Gasteiger partial charge in [-0.15, -0.1) is 0 Å². The van der Waals surface area contributed by atoms with Gasteiger partial charge in [-0.05, 0) is 31.7 Å². The van der Waals surface area contributed by atoms with Crippen molar-refractivity contribution in [1.82, 2.24) is 4.98 Å². The van der Waals surface area contributed by atoms with Crippen LogP contribution in [0.25, 0.3) is 0 Å². The van der Waals surface area contributed by atoms with Crippen molar-refractivity contribution in [3.8, 4) is 0 Å². The van der Waals surface area contributed by atoms with E-state index in [2.05, 4.69) is 10.3 Å². The standard InChI is InChI=1S/C11H17N5O2/c1-11(6-12,7-2-3-7)15-9-5-4-8(16(17)18)10(13)14-9/h4-5,7H,2-3,6,12H2,1H3,(H3,13,14,15). The normalized spacial score (nSPS) is 18.1. The number of hydrogen-bond donors (Lipinski definition) is 3. The predicted molar refractivity (Wildman–Crippen MR) is 69.1 cm³/mol. The molecule has 1 aliphatic carbocycles. The van der Waals surface area contributed by atoms with Crippen molar-refractivity contribution in [2.45, 2.75) is 25.3 Å². The minimum absolute atomic E-state index is 0.0832. The fraction of sp³-hybridized carbons (Fsp3) is 0.545. The van der Waals surface area contributed by atoms with Crippen LogP contribution in [0.5, 0.6) is 0 Å². The second kappa shape index (κ2) is 4.41. The Morgan fingerprint density at radius 3 is 2.72 bits per heavy atom. The Kier molecular flexibility index (Phi) is 3.08. The summed E-state index contributed by atoms with van der Waals surface area (Å²) in [7, 11) is 0. The molecule has 0 aromatic carbocycles. The molecule has 98 valence electrons. The van der Waals surface area contributed by atoms with Crippen molar-refractivity contribution in [2.24, 2.45) is 11.7 Å². The van der Waals surface area contributed by atoms with E-state index in [9.17, 15) is 10.1 Å². The maximum atomic E-state index is 10.6. The second-order valence-electron chi connectivity index (χ2n) is 4.88. The van der Waals surface area contributed by atoms with E-state index in [1.807, 2.05) is 6.92 Å². The predicted octanol–water partition coefficient (Wildman–Crippen LogP) is 1.11. The van der Waals surface area contributed by atoms with Crippen LogP contribution in [-0.4, -0.2) is 22.0 Å². The van der Waals surface area contributed by atoms with Gasteiger partial charge < -0.3 is 16.8 Å². The summed E-state index contributed by atoms with van der Waals surface area (Å²) >= 11 is 0. The van der Waals surface area contributed by atoms with Gasteiger partial charge in [0.15, 0.2) is 0 Å². The number of nitrogens with zero attached hydrogens (tertiary/aromatic N) is 2. The van der Waals surface area contributed by atoms with E-state index in [1.54, 1.807) is 6.07 Å². The molecule has 0 aliphatic heterocycles. The quantitative estimate of drug-likeness (QED) is 0.532. The molecule has 0 bridgehead atoms. The highest BCUT2D eigenvalue weighted by molar-refractivity contribution is 5.57. The summed E-state index contributed by atoms with van der Waals surface area (Å²) < 4.78 is 0. The molecular formula is C11H17N5O2. The van der Waals surface area contributed by atoms with Crippen molar-refractivity contribution in [2.75, 3.05) is 17.6 Å². The van der Waals surface area contributed by atoms with E-state index in [0.29, 0.717) is 18.3 Å². The van der Waals surface area contributed by atoms with E-state index in [1.165, 1.54) is 6.07 Å². The first-order valence-corrected chi connectivity index (χ1v) is 5.85. The van der Waals surface area contributed by atoms with Crippen LogP contribution in [0.1, 0.15) is 19.8 Å². The molecule has 1 aromatic rings. The maximum absolute atomic E-state index is 10.6. The highest BCUT2D eigenvalue weighted by Gasteiger charge is 2.40. The van der Waals surface area contributed by atoms with Crippen molar-refractivity contribution >= 4 is 17.3 Å². The zero-order valence-electron chi connectivity index (χ0n) is 10.2. The summed E-state index contributed by atoms with van der Waals surface area (Å²) in [4.78, 5) is 14.1. The Hall–Kier alpha value is -1.89. The van der Waals surface area contributed by atoms with Gasteiger partial charge >= 0.3 is 5.69 Å². The molecule has 1 heterocycles. The molecule has 1 unspecified atom stereocenters. The molecule has 0 amide bonds. The first-order valence-electron chi connectivity index (χ1n) is 5.85. The molecule has 2 rings (SSSR count). The molecule has 1 atom stereocenters. The molecule has 7 heteroatoms. The number of rotatable bonds is 5. The third-order valence-electron chi connectivity index (χ3n) is 3.42. The topological polar surface area (TPSA) is 120 Å². The number of anilines is 2. The molecule has 18 heavy (non-hydrogen) atoms. The lowest BCUT2D eigenvalue weighted by atomic mass is 9.96.